The van der Waals surface area contributed by atoms with Crippen LogP contribution in [0.5, 0.6) is 5.75 Å². The standard InChI is InChI=1S/C22H22N4O3/c1-3-29-22(28)23-15-10-11-26(13-15)21-16-9-8-14(2)12-18(16)24-20(25-21)17-6-4-5-7-19(17)27/h4-9,12,27H,3,10-11,13H2,1-2H3/b23-15-. The number of aromatic hydroxyl groups is 1. The van der Waals surface area contributed by atoms with E-state index in [1.54, 1.807) is 25.1 Å². The number of phenols is 1. The summed E-state index contributed by atoms with van der Waals surface area (Å²) >= 11 is 0. The lowest BCUT2D eigenvalue weighted by Gasteiger charge is -2.19. The van der Waals surface area contributed by atoms with Gasteiger partial charge in [0.05, 0.1) is 24.2 Å². The predicted molar refractivity (Wildman–Crippen MR) is 113 cm³/mol. The molecule has 29 heavy (non-hydrogen) atoms. The number of phenolic OH excluding ortho intramolecular Hbond substituents is 1. The molecule has 7 nitrogen and oxygen atoms in total. The van der Waals surface area contributed by atoms with Gasteiger partial charge in [-0.25, -0.2) is 14.8 Å². The Morgan fingerprint density at radius 1 is 1.24 bits per heavy atom. The molecule has 1 aromatic heterocycles. The zero-order valence-corrected chi connectivity index (χ0v) is 16.4. The normalized spacial score (nSPS) is 15.2. The Balaban J connectivity index is 1.78. The van der Waals surface area contributed by atoms with Crippen molar-refractivity contribution in [3.63, 3.8) is 0 Å². The molecule has 1 aliphatic heterocycles. The van der Waals surface area contributed by atoms with Gasteiger partial charge in [0.1, 0.15) is 11.6 Å². The lowest BCUT2D eigenvalue weighted by Crippen LogP contribution is -2.22. The van der Waals surface area contributed by atoms with Crippen LogP contribution in [0.1, 0.15) is 18.9 Å². The third-order valence-electron chi connectivity index (χ3n) is 4.84. The predicted octanol–water partition coefficient (Wildman–Crippen LogP) is 4.12. The van der Waals surface area contributed by atoms with E-state index in [4.69, 9.17) is 9.72 Å². The number of anilines is 1. The molecule has 7 heteroatoms. The van der Waals surface area contributed by atoms with Gasteiger partial charge >= 0.3 is 6.09 Å². The maximum absolute atomic E-state index is 11.7. The number of amides is 1. The fraction of sp³-hybridized carbons (Fsp3) is 0.273. The number of carbonyl (C=O) groups excluding carboxylic acids is 1. The molecular formula is C22H22N4O3. The quantitative estimate of drug-likeness (QED) is 0.724. The molecule has 1 amide bonds. The number of aromatic nitrogens is 2. The van der Waals surface area contributed by atoms with Gasteiger partial charge in [-0.3, -0.25) is 0 Å². The van der Waals surface area contributed by atoms with Crippen LogP contribution in [0.4, 0.5) is 10.6 Å². The molecule has 1 fully saturated rings. The number of aryl methyl sites for hydroxylation is 1. The van der Waals surface area contributed by atoms with Crippen molar-refractivity contribution in [1.82, 2.24) is 9.97 Å². The summed E-state index contributed by atoms with van der Waals surface area (Å²) in [6.07, 6.45) is 0.115. The molecule has 2 heterocycles. The number of benzene rings is 2. The zero-order chi connectivity index (χ0) is 20.4. The molecule has 0 atom stereocenters. The highest BCUT2D eigenvalue weighted by atomic mass is 16.5. The Morgan fingerprint density at radius 2 is 2.07 bits per heavy atom. The molecule has 1 saturated heterocycles. The largest absolute Gasteiger partial charge is 0.507 e. The van der Waals surface area contributed by atoms with E-state index in [9.17, 15) is 9.90 Å². The van der Waals surface area contributed by atoms with Gasteiger partial charge in [0, 0.05) is 24.1 Å². The number of nitrogens with zero attached hydrogens (tertiary/aromatic N) is 4. The van der Waals surface area contributed by atoms with Crippen LogP contribution in [0.2, 0.25) is 0 Å². The van der Waals surface area contributed by atoms with E-state index < -0.39 is 6.09 Å². The highest BCUT2D eigenvalue weighted by Crippen LogP contribution is 2.32. The summed E-state index contributed by atoms with van der Waals surface area (Å²) in [7, 11) is 0. The summed E-state index contributed by atoms with van der Waals surface area (Å²) < 4.78 is 4.92. The van der Waals surface area contributed by atoms with Crippen LogP contribution in [0, 0.1) is 6.92 Å². The number of rotatable bonds is 3. The van der Waals surface area contributed by atoms with Crippen molar-refractivity contribution in [1.29, 1.82) is 0 Å². The second kappa shape index (κ2) is 7.87. The van der Waals surface area contributed by atoms with Gasteiger partial charge in [0.25, 0.3) is 0 Å². The lowest BCUT2D eigenvalue weighted by atomic mass is 10.1. The first-order valence-corrected chi connectivity index (χ1v) is 9.60. The zero-order valence-electron chi connectivity index (χ0n) is 16.4. The molecule has 3 aromatic rings. The van der Waals surface area contributed by atoms with E-state index in [0.29, 0.717) is 37.5 Å². The molecule has 4 rings (SSSR count). The van der Waals surface area contributed by atoms with Crippen LogP contribution < -0.4 is 4.90 Å². The van der Waals surface area contributed by atoms with E-state index in [2.05, 4.69) is 14.9 Å². The number of carbonyl (C=O) groups is 1. The fourth-order valence-corrected chi connectivity index (χ4v) is 3.45. The van der Waals surface area contributed by atoms with Crippen molar-refractivity contribution in [3.8, 4) is 17.1 Å². The van der Waals surface area contributed by atoms with Gasteiger partial charge in [0.15, 0.2) is 5.82 Å². The molecule has 148 valence electrons. The molecule has 0 aliphatic carbocycles. The Labute approximate surface area is 168 Å². The summed E-state index contributed by atoms with van der Waals surface area (Å²) in [6.45, 7) is 5.27. The summed E-state index contributed by atoms with van der Waals surface area (Å²) in [5.41, 5.74) is 3.25. The van der Waals surface area contributed by atoms with Crippen LogP contribution in [0.3, 0.4) is 0 Å². The van der Waals surface area contributed by atoms with E-state index in [1.165, 1.54) is 0 Å². The van der Waals surface area contributed by atoms with E-state index in [1.807, 2.05) is 31.2 Å². The summed E-state index contributed by atoms with van der Waals surface area (Å²) in [4.78, 5) is 27.3. The van der Waals surface area contributed by atoms with Crippen molar-refractivity contribution in [2.24, 2.45) is 4.99 Å². The Morgan fingerprint density at radius 3 is 2.86 bits per heavy atom. The van der Waals surface area contributed by atoms with Crippen LogP contribution in [-0.2, 0) is 4.74 Å². The van der Waals surface area contributed by atoms with Crippen molar-refractivity contribution in [2.75, 3.05) is 24.6 Å². The average molecular weight is 390 g/mol. The maximum atomic E-state index is 11.7. The number of ether oxygens (including phenoxy) is 1. The van der Waals surface area contributed by atoms with Crippen LogP contribution in [-0.4, -0.2) is 46.6 Å². The molecule has 2 aromatic carbocycles. The van der Waals surface area contributed by atoms with Crippen molar-refractivity contribution in [2.45, 2.75) is 20.3 Å². The van der Waals surface area contributed by atoms with Crippen molar-refractivity contribution >= 4 is 28.5 Å². The lowest BCUT2D eigenvalue weighted by molar-refractivity contribution is 0.163. The minimum Gasteiger partial charge on any atom is -0.507 e. The van der Waals surface area contributed by atoms with Crippen LogP contribution in [0.25, 0.3) is 22.3 Å². The van der Waals surface area contributed by atoms with Crippen LogP contribution >= 0.6 is 0 Å². The fourth-order valence-electron chi connectivity index (χ4n) is 3.45. The number of hydrogen-bond acceptors (Lipinski definition) is 6. The number of para-hydroxylation sites is 1. The molecular weight excluding hydrogens is 368 g/mol. The SMILES string of the molecule is CCOC(=O)/N=C1/CCN(c2nc(-c3ccccc3O)nc3cc(C)ccc23)C1. The average Bonchev–Trinajstić information content (AvgIpc) is 3.15. The van der Waals surface area contributed by atoms with Crippen molar-refractivity contribution < 1.29 is 14.6 Å². The number of fused-ring (bicyclic) bond motifs is 1. The van der Waals surface area contributed by atoms with Gasteiger partial charge in [-0.2, -0.15) is 4.99 Å². The Bertz CT molecular complexity index is 1110. The number of hydrogen-bond donors (Lipinski definition) is 1. The minimum atomic E-state index is -0.553. The monoisotopic (exact) mass is 390 g/mol. The van der Waals surface area contributed by atoms with Gasteiger partial charge in [0.2, 0.25) is 0 Å². The Hall–Kier alpha value is -3.48. The topological polar surface area (TPSA) is 87.9 Å². The first kappa shape index (κ1) is 18.9. The van der Waals surface area contributed by atoms with Gasteiger partial charge in [-0.05, 0) is 43.7 Å². The minimum absolute atomic E-state index is 0.136. The molecule has 0 saturated carbocycles. The Kier molecular flexibility index (Phi) is 5.12. The molecule has 0 radical (unpaired) electrons. The third kappa shape index (κ3) is 3.89. The number of aliphatic imine (C=N–C) groups is 1. The second-order valence-corrected chi connectivity index (χ2v) is 6.96. The molecule has 1 N–H and O–H groups in total. The van der Waals surface area contributed by atoms with E-state index in [-0.39, 0.29) is 5.75 Å². The first-order valence-electron chi connectivity index (χ1n) is 9.60. The first-order chi connectivity index (χ1) is 14.0. The highest BCUT2D eigenvalue weighted by molar-refractivity contribution is 6.01. The summed E-state index contributed by atoms with van der Waals surface area (Å²) in [6, 6.07) is 13.1. The molecule has 0 spiro atoms. The smallest absolute Gasteiger partial charge is 0.433 e. The highest BCUT2D eigenvalue weighted by Gasteiger charge is 2.24. The molecule has 0 bridgehead atoms. The van der Waals surface area contributed by atoms with E-state index >= 15 is 0 Å². The molecule has 0 unspecified atom stereocenters. The third-order valence-corrected chi connectivity index (χ3v) is 4.84. The van der Waals surface area contributed by atoms with Crippen LogP contribution in [0.15, 0.2) is 47.5 Å². The van der Waals surface area contributed by atoms with E-state index in [0.717, 1.165) is 28.0 Å². The summed E-state index contributed by atoms with van der Waals surface area (Å²) in [5, 5.41) is 11.2. The van der Waals surface area contributed by atoms with Crippen molar-refractivity contribution in [3.05, 3.63) is 48.0 Å². The van der Waals surface area contributed by atoms with Gasteiger partial charge in [-0.15, -0.1) is 0 Å². The second-order valence-electron chi connectivity index (χ2n) is 6.96. The van der Waals surface area contributed by atoms with Gasteiger partial charge in [-0.1, -0.05) is 18.2 Å². The maximum Gasteiger partial charge on any atom is 0.433 e. The molecule has 1 aliphatic rings. The van der Waals surface area contributed by atoms with Gasteiger partial charge < -0.3 is 14.7 Å². The summed E-state index contributed by atoms with van der Waals surface area (Å²) in [5.74, 6) is 1.37.